The Kier molecular flexibility index (Phi) is 5.89. The van der Waals surface area contributed by atoms with Gasteiger partial charge in [-0.1, -0.05) is 16.9 Å². The second-order valence-electron chi connectivity index (χ2n) is 3.83. The van der Waals surface area contributed by atoms with E-state index in [0.717, 1.165) is 18.4 Å². The van der Waals surface area contributed by atoms with Crippen LogP contribution in [-0.2, 0) is 35.3 Å². The van der Waals surface area contributed by atoms with Gasteiger partial charge < -0.3 is 29.6 Å². The number of aliphatic hydroxyl groups excluding tert-OH is 1. The van der Waals surface area contributed by atoms with Gasteiger partial charge in [0.1, 0.15) is 5.70 Å². The van der Waals surface area contributed by atoms with Crippen molar-refractivity contribution in [2.75, 3.05) is 7.05 Å². The van der Waals surface area contributed by atoms with Crippen molar-refractivity contribution < 1.29 is 45.4 Å². The first kappa shape index (κ1) is 17.6. The summed E-state index contributed by atoms with van der Waals surface area (Å²) in [5, 5.41) is 19.9. The molecule has 10 heteroatoms. The Labute approximate surface area is 139 Å². The number of primary amides is 1. The summed E-state index contributed by atoms with van der Waals surface area (Å²) in [6.07, 6.45) is 0. The third kappa shape index (κ3) is 3.25. The van der Waals surface area contributed by atoms with Crippen molar-refractivity contribution in [3.05, 3.63) is 29.5 Å². The zero-order chi connectivity index (χ0) is 14.9. The Balaban J connectivity index is 0.00000220. The van der Waals surface area contributed by atoms with E-state index in [4.69, 9.17) is 5.73 Å². The average molecular weight is 476 g/mol. The second-order valence-corrected chi connectivity index (χ2v) is 5.00. The first-order valence-electron chi connectivity index (χ1n) is 5.38. The van der Waals surface area contributed by atoms with Crippen molar-refractivity contribution in [3.63, 3.8) is 0 Å². The Morgan fingerprint density at radius 2 is 2.29 bits per heavy atom. The fraction of sp³-hybridized carbons (Fsp3) is 0.0909. The molecule has 0 atom stereocenters. The van der Waals surface area contributed by atoms with Gasteiger partial charge in [0.15, 0.2) is 0 Å². The van der Waals surface area contributed by atoms with E-state index in [1.54, 1.807) is 13.1 Å². The molecule has 1 heterocycles. The standard InChI is InChI=1S/C11H9BN2O5S.W/c1-14-9(11(13)17)10(16)8-6(12(18)19-5-15)3-2-4-7(8)20-14;/h2,4,16,18H,1H3,(H2,13,17);/q-2;+2. The molecule has 0 bridgehead atoms. The Morgan fingerprint density at radius 3 is 2.86 bits per heavy atom. The second kappa shape index (κ2) is 7.02. The minimum Gasteiger partial charge on any atom is -0.702 e. The largest absolute Gasteiger partial charge is 2.00 e. The van der Waals surface area contributed by atoms with E-state index in [1.807, 2.05) is 0 Å². The summed E-state index contributed by atoms with van der Waals surface area (Å²) in [5.41, 5.74) is 5.25. The maximum atomic E-state index is 11.4. The minimum absolute atomic E-state index is 0. The van der Waals surface area contributed by atoms with Crippen molar-refractivity contribution in [1.29, 1.82) is 0 Å². The summed E-state index contributed by atoms with van der Waals surface area (Å²) < 4.78 is 5.72. The molecule has 0 spiro atoms. The van der Waals surface area contributed by atoms with Gasteiger partial charge in [-0.15, -0.1) is 5.46 Å². The smallest absolute Gasteiger partial charge is 0.702 e. The van der Waals surface area contributed by atoms with Crippen LogP contribution in [0.1, 0.15) is 5.56 Å². The van der Waals surface area contributed by atoms with E-state index in [-0.39, 0.29) is 37.8 Å². The van der Waals surface area contributed by atoms with Gasteiger partial charge in [-0.05, 0) is 11.9 Å². The van der Waals surface area contributed by atoms with Gasteiger partial charge in [-0.2, -0.15) is 18.2 Å². The van der Waals surface area contributed by atoms with Crippen molar-refractivity contribution in [3.8, 4) is 0 Å². The van der Waals surface area contributed by atoms with Gasteiger partial charge in [0.25, 0.3) is 5.91 Å². The topological polar surface area (TPSA) is 113 Å². The van der Waals surface area contributed by atoms with Crippen LogP contribution >= 0.6 is 11.9 Å². The zero-order valence-electron chi connectivity index (χ0n) is 10.7. The van der Waals surface area contributed by atoms with Crippen LogP contribution in [0.2, 0.25) is 0 Å². The molecule has 1 amide bonds. The SMILES string of the molecule is CN1Sc2cc[c-]c(B(O)O[C-]=O)c2C(O)=C1C(N)=O.[W+2]. The van der Waals surface area contributed by atoms with Crippen molar-refractivity contribution in [2.24, 2.45) is 5.73 Å². The van der Waals surface area contributed by atoms with E-state index in [2.05, 4.69) is 10.7 Å². The number of hydrogen-bond acceptors (Lipinski definition) is 7. The molecule has 1 aromatic carbocycles. The molecule has 21 heavy (non-hydrogen) atoms. The van der Waals surface area contributed by atoms with Gasteiger partial charge in [0.2, 0.25) is 0 Å². The van der Waals surface area contributed by atoms with E-state index < -0.39 is 18.8 Å². The quantitative estimate of drug-likeness (QED) is 0.288. The normalized spacial score (nSPS) is 13.1. The Morgan fingerprint density at radius 1 is 1.62 bits per heavy atom. The van der Waals surface area contributed by atoms with Gasteiger partial charge in [-0.25, -0.2) is 0 Å². The molecule has 7 nitrogen and oxygen atoms in total. The average Bonchev–Trinajstić information content (AvgIpc) is 2.37. The predicted molar refractivity (Wildman–Crippen MR) is 72.0 cm³/mol. The number of fused-ring (bicyclic) bond motifs is 1. The van der Waals surface area contributed by atoms with Gasteiger partial charge in [-0.3, -0.25) is 4.79 Å². The summed E-state index contributed by atoms with van der Waals surface area (Å²) in [6, 6.07) is 5.78. The molecule has 0 unspecified atom stereocenters. The summed E-state index contributed by atoms with van der Waals surface area (Å²) in [5.74, 6) is -1.23. The van der Waals surface area contributed by atoms with Crippen LogP contribution in [-0.4, -0.2) is 41.0 Å². The number of nitrogens with two attached hydrogens (primary N) is 1. The number of hydrogen-bond donors (Lipinski definition) is 3. The molecule has 0 aromatic heterocycles. The van der Waals surface area contributed by atoms with Crippen LogP contribution in [0.5, 0.6) is 0 Å². The van der Waals surface area contributed by atoms with E-state index in [1.165, 1.54) is 10.4 Å². The van der Waals surface area contributed by atoms with Crippen LogP contribution in [0.4, 0.5) is 0 Å². The van der Waals surface area contributed by atoms with E-state index in [0.29, 0.717) is 4.90 Å². The molecule has 0 saturated carbocycles. The summed E-state index contributed by atoms with van der Waals surface area (Å²) in [4.78, 5) is 22.1. The number of amides is 1. The molecule has 0 fully saturated rings. The molecule has 4 N–H and O–H groups in total. The van der Waals surface area contributed by atoms with Crippen molar-refractivity contribution >= 4 is 42.7 Å². The maximum absolute atomic E-state index is 11.4. The Bertz CT molecular complexity index is 612. The number of rotatable bonds is 4. The van der Waals surface area contributed by atoms with Crippen molar-refractivity contribution in [2.45, 2.75) is 4.90 Å². The zero-order valence-corrected chi connectivity index (χ0v) is 14.4. The summed E-state index contributed by atoms with van der Waals surface area (Å²) in [6.45, 7) is 1.10. The molecule has 108 valence electrons. The van der Waals surface area contributed by atoms with Gasteiger partial charge >= 0.3 is 28.2 Å². The number of benzene rings is 1. The van der Waals surface area contributed by atoms with Gasteiger partial charge in [0, 0.05) is 7.05 Å². The van der Waals surface area contributed by atoms with Crippen molar-refractivity contribution in [1.82, 2.24) is 4.31 Å². The fourth-order valence-corrected chi connectivity index (χ4v) is 2.84. The number of nitrogens with zero attached hydrogens (tertiary/aromatic N) is 1. The number of aliphatic hydroxyl groups is 1. The fourth-order valence-electron chi connectivity index (χ4n) is 1.85. The van der Waals surface area contributed by atoms with Crippen LogP contribution in [0.3, 0.4) is 0 Å². The number of carbonyl (C=O) groups is 1. The van der Waals surface area contributed by atoms with Crippen LogP contribution < -0.4 is 11.2 Å². The Hall–Kier alpha value is -1.44. The third-order valence-corrected chi connectivity index (χ3v) is 3.63. The molecule has 1 aromatic rings. The first-order valence-corrected chi connectivity index (χ1v) is 6.15. The van der Waals surface area contributed by atoms with Gasteiger partial charge in [0.05, 0.1) is 5.76 Å². The molecular weight excluding hydrogens is 467 g/mol. The molecule has 2 rings (SSSR count). The monoisotopic (exact) mass is 476 g/mol. The third-order valence-electron chi connectivity index (χ3n) is 2.64. The van der Waals surface area contributed by atoms with E-state index >= 15 is 0 Å². The van der Waals surface area contributed by atoms with Crippen LogP contribution in [0.15, 0.2) is 22.7 Å². The first-order chi connectivity index (χ1) is 9.47. The molecular formula is C11H9BN2O5SW. The summed E-state index contributed by atoms with van der Waals surface area (Å²) in [7, 11) is -0.0883. The number of carbonyl (C=O) groups excluding carboxylic acids is 2. The van der Waals surface area contributed by atoms with Crippen LogP contribution in [0, 0.1) is 6.07 Å². The molecule has 1 aliphatic rings. The molecule has 0 aliphatic carbocycles. The van der Waals surface area contributed by atoms with E-state index in [9.17, 15) is 19.7 Å². The van der Waals surface area contributed by atoms with Crippen LogP contribution in [0.25, 0.3) is 5.76 Å². The number of likely N-dealkylation sites (N-methyl/N-ethyl adjacent to an activating group) is 1. The molecule has 0 radical (unpaired) electrons. The predicted octanol–water partition coefficient (Wildman–Crippen LogP) is -1.08. The molecule has 0 saturated heterocycles. The molecule has 1 aliphatic heterocycles. The minimum atomic E-state index is -1.65. The maximum Gasteiger partial charge on any atom is 2.00 e. The summed E-state index contributed by atoms with van der Waals surface area (Å²) >= 11 is 1.13.